The van der Waals surface area contributed by atoms with Crippen molar-refractivity contribution < 1.29 is 14.2 Å². The van der Waals surface area contributed by atoms with Crippen LogP contribution in [-0.4, -0.2) is 58.3 Å². The van der Waals surface area contributed by atoms with Gasteiger partial charge in [-0.2, -0.15) is 4.98 Å². The minimum absolute atomic E-state index is 0.135. The second-order valence-electron chi connectivity index (χ2n) is 12.4. The molecule has 5 rings (SSSR count). The van der Waals surface area contributed by atoms with Crippen molar-refractivity contribution in [3.05, 3.63) is 36.0 Å². The largest absolute Gasteiger partial charge is 0.373 e. The number of aromatic nitrogens is 4. The molecular weight excluding hydrogens is 547 g/mol. The van der Waals surface area contributed by atoms with Crippen molar-refractivity contribution >= 4 is 48.6 Å². The molecule has 8 nitrogen and oxygen atoms in total. The highest BCUT2D eigenvalue weighted by molar-refractivity contribution is 7.23. The van der Waals surface area contributed by atoms with Crippen LogP contribution in [0.1, 0.15) is 48.0 Å². The normalized spacial score (nSPS) is 22.4. The smallest absolute Gasteiger partial charge is 0.222 e. The van der Waals surface area contributed by atoms with E-state index in [1.807, 2.05) is 6.33 Å². The maximum absolute atomic E-state index is 6.99. The highest BCUT2D eigenvalue weighted by Crippen LogP contribution is 2.44. The molecule has 1 fully saturated rings. The van der Waals surface area contributed by atoms with Crippen LogP contribution in [0.2, 0.25) is 13.1 Å². The summed E-state index contributed by atoms with van der Waals surface area (Å²) < 4.78 is 21.9. The van der Waals surface area contributed by atoms with E-state index in [0.717, 1.165) is 16.1 Å². The average Bonchev–Trinajstić information content (AvgIpc) is 3.60. The van der Waals surface area contributed by atoms with Gasteiger partial charge in [-0.25, -0.2) is 9.97 Å². The third-order valence-electron chi connectivity index (χ3n) is 6.78. The first-order valence-electron chi connectivity index (χ1n) is 13.4. The molecule has 1 aliphatic heterocycles. The average molecular weight is 586 g/mol. The lowest BCUT2D eigenvalue weighted by molar-refractivity contribution is -0.139. The Morgan fingerprint density at radius 2 is 1.82 bits per heavy atom. The Balaban J connectivity index is 1.57. The molecule has 210 valence electrons. The van der Waals surface area contributed by atoms with E-state index in [9.17, 15) is 0 Å². The molecular formula is C28H39N5O3S2Si. The number of nitrogens with two attached hydrogens (primary N) is 1. The van der Waals surface area contributed by atoms with E-state index >= 15 is 0 Å². The molecule has 39 heavy (non-hydrogen) atoms. The van der Waals surface area contributed by atoms with Gasteiger partial charge in [0.1, 0.15) is 22.7 Å². The number of hydrogen-bond acceptors (Lipinski definition) is 9. The van der Waals surface area contributed by atoms with Gasteiger partial charge in [0.2, 0.25) is 5.95 Å². The zero-order valence-electron chi connectivity index (χ0n) is 24.0. The molecule has 0 amide bonds. The van der Waals surface area contributed by atoms with Crippen molar-refractivity contribution in [1.82, 2.24) is 19.5 Å². The highest BCUT2D eigenvalue weighted by atomic mass is 32.1. The van der Waals surface area contributed by atoms with Gasteiger partial charge < -0.3 is 19.9 Å². The van der Waals surface area contributed by atoms with Crippen molar-refractivity contribution in [2.45, 2.75) is 89.8 Å². The van der Waals surface area contributed by atoms with E-state index in [0.29, 0.717) is 18.7 Å². The minimum Gasteiger partial charge on any atom is -0.373 e. The zero-order chi connectivity index (χ0) is 28.2. The molecule has 4 aromatic rings. The first-order valence-corrected chi connectivity index (χ1v) is 18.0. The Bertz CT molecular complexity index is 1440. The van der Waals surface area contributed by atoms with Crippen molar-refractivity contribution in [3.8, 4) is 20.3 Å². The number of ether oxygens (including phenoxy) is 3. The number of imidazole rings is 1. The summed E-state index contributed by atoms with van der Waals surface area (Å²) in [6.45, 7) is 17.5. The highest BCUT2D eigenvalue weighted by Gasteiger charge is 2.52. The molecule has 0 bridgehead atoms. The lowest BCUT2D eigenvalue weighted by atomic mass is 10.1. The number of anilines is 1. The Kier molecular flexibility index (Phi) is 7.53. The SMILES string of the molecule is C[SiH](C)[C@@]1(n2cnc3c(-c4ccc(-c5cccs5)s4)nc(N)nc32)C[C@H](OC(C)(C)C)[C@@H](COC(C)(C)C)O1. The Hall–Kier alpha value is -2.15. The summed E-state index contributed by atoms with van der Waals surface area (Å²) in [6, 6.07) is 8.41. The molecule has 5 heterocycles. The molecule has 4 aromatic heterocycles. The molecule has 11 heteroatoms. The van der Waals surface area contributed by atoms with E-state index < -0.39 is 14.1 Å². The second-order valence-corrected chi connectivity index (χ2v) is 17.7. The predicted octanol–water partition coefficient (Wildman–Crippen LogP) is 6.33. The van der Waals surface area contributed by atoms with Gasteiger partial charge >= 0.3 is 0 Å². The summed E-state index contributed by atoms with van der Waals surface area (Å²) in [4.78, 5) is 17.6. The lowest BCUT2D eigenvalue weighted by Gasteiger charge is -2.34. The molecule has 1 aliphatic rings. The van der Waals surface area contributed by atoms with Crippen LogP contribution < -0.4 is 5.73 Å². The number of rotatable bonds is 7. The Morgan fingerprint density at radius 1 is 1.08 bits per heavy atom. The van der Waals surface area contributed by atoms with Crippen LogP contribution in [0, 0.1) is 0 Å². The van der Waals surface area contributed by atoms with E-state index in [4.69, 9.17) is 29.9 Å². The maximum Gasteiger partial charge on any atom is 0.222 e. The third kappa shape index (κ3) is 5.84. The summed E-state index contributed by atoms with van der Waals surface area (Å²) in [6.07, 6.45) is 2.19. The summed E-state index contributed by atoms with van der Waals surface area (Å²) in [5.74, 6) is 0.221. The third-order valence-corrected chi connectivity index (χ3v) is 11.4. The summed E-state index contributed by atoms with van der Waals surface area (Å²) >= 11 is 3.41. The summed E-state index contributed by atoms with van der Waals surface area (Å²) in [5.41, 5.74) is 7.88. The summed E-state index contributed by atoms with van der Waals surface area (Å²) in [5, 5.41) is 1.48. The van der Waals surface area contributed by atoms with Crippen molar-refractivity contribution in [3.63, 3.8) is 0 Å². The van der Waals surface area contributed by atoms with Gasteiger partial charge in [0.15, 0.2) is 5.65 Å². The number of hydrogen-bond donors (Lipinski definition) is 1. The van der Waals surface area contributed by atoms with Gasteiger partial charge in [0, 0.05) is 16.2 Å². The standard InChI is InChI=1S/C28H39N5O3S2Si/c1-26(2,3)34-15-18-17(35-27(4,5)6)14-28(36-18,39(7)8)33-16-30-23-22(31-25(29)32-24(23)33)21-12-11-20(38-21)19-10-9-13-37-19/h9-13,16-18,39H,14-15H2,1-8H3,(H2,29,31,32)/t17-,18+,28+/m0/s1. The fourth-order valence-electron chi connectivity index (χ4n) is 5.04. The molecule has 1 saturated heterocycles. The van der Waals surface area contributed by atoms with Gasteiger partial charge in [-0.3, -0.25) is 4.57 Å². The summed E-state index contributed by atoms with van der Waals surface area (Å²) in [7, 11) is -1.54. The molecule has 2 N–H and O–H groups in total. The zero-order valence-corrected chi connectivity index (χ0v) is 26.8. The molecule has 0 unspecified atom stereocenters. The number of nitrogen functional groups attached to an aromatic ring is 1. The first-order chi connectivity index (χ1) is 18.3. The van der Waals surface area contributed by atoms with Gasteiger partial charge in [-0.05, 0) is 65.1 Å². The van der Waals surface area contributed by atoms with Crippen LogP contribution in [0.15, 0.2) is 36.0 Å². The number of nitrogens with zero attached hydrogens (tertiary/aromatic N) is 4. The molecule has 0 spiro atoms. The number of thiophene rings is 2. The Morgan fingerprint density at radius 3 is 2.46 bits per heavy atom. The van der Waals surface area contributed by atoms with E-state index in [-0.39, 0.29) is 29.4 Å². The van der Waals surface area contributed by atoms with Gasteiger partial charge in [0.25, 0.3) is 0 Å². The topological polar surface area (TPSA) is 97.3 Å². The van der Waals surface area contributed by atoms with Crippen LogP contribution in [0.25, 0.3) is 31.5 Å². The second kappa shape index (κ2) is 10.4. The van der Waals surface area contributed by atoms with Gasteiger partial charge in [-0.15, -0.1) is 22.7 Å². The van der Waals surface area contributed by atoms with Crippen LogP contribution in [-0.2, 0) is 19.6 Å². The van der Waals surface area contributed by atoms with Crippen LogP contribution in [0.3, 0.4) is 0 Å². The monoisotopic (exact) mass is 585 g/mol. The number of fused-ring (bicyclic) bond motifs is 1. The van der Waals surface area contributed by atoms with Crippen molar-refractivity contribution in [1.29, 1.82) is 0 Å². The van der Waals surface area contributed by atoms with Gasteiger partial charge in [0.05, 0.1) is 43.9 Å². The predicted molar refractivity (Wildman–Crippen MR) is 163 cm³/mol. The lowest BCUT2D eigenvalue weighted by Crippen LogP contribution is -2.45. The van der Waals surface area contributed by atoms with E-state index in [1.54, 1.807) is 22.7 Å². The molecule has 0 radical (unpaired) electrons. The minimum atomic E-state index is -1.54. The van der Waals surface area contributed by atoms with E-state index in [2.05, 4.69) is 93.8 Å². The fourth-order valence-corrected chi connectivity index (χ4v) is 8.77. The quantitative estimate of drug-likeness (QED) is 0.253. The van der Waals surface area contributed by atoms with Crippen molar-refractivity contribution in [2.75, 3.05) is 12.3 Å². The molecule has 0 aliphatic carbocycles. The van der Waals surface area contributed by atoms with Crippen molar-refractivity contribution in [2.24, 2.45) is 0 Å². The van der Waals surface area contributed by atoms with Crippen LogP contribution >= 0.6 is 22.7 Å². The molecule has 0 saturated carbocycles. The van der Waals surface area contributed by atoms with E-state index in [1.165, 1.54) is 9.75 Å². The maximum atomic E-state index is 6.99. The molecule has 0 aromatic carbocycles. The fraction of sp³-hybridized carbons (Fsp3) is 0.536. The Labute approximate surface area is 240 Å². The van der Waals surface area contributed by atoms with Gasteiger partial charge in [-0.1, -0.05) is 19.2 Å². The molecule has 3 atom stereocenters. The van der Waals surface area contributed by atoms with Crippen LogP contribution in [0.5, 0.6) is 0 Å². The van der Waals surface area contributed by atoms with Crippen LogP contribution in [0.4, 0.5) is 5.95 Å². The first kappa shape index (κ1) is 28.4.